The first-order valence-corrected chi connectivity index (χ1v) is 7.02. The zero-order valence-corrected chi connectivity index (χ0v) is 11.8. The summed E-state index contributed by atoms with van der Waals surface area (Å²) in [4.78, 5) is 13.8. The lowest BCUT2D eigenvalue weighted by Gasteiger charge is -2.25. The van der Waals surface area contributed by atoms with Gasteiger partial charge in [0.05, 0.1) is 12.6 Å². The van der Waals surface area contributed by atoms with Crippen LogP contribution in [0, 0.1) is 5.82 Å². The first-order valence-electron chi connectivity index (χ1n) is 7.02. The van der Waals surface area contributed by atoms with Crippen LogP contribution in [0.2, 0.25) is 0 Å². The number of likely N-dealkylation sites (tertiary alicyclic amines) is 1. The second-order valence-electron chi connectivity index (χ2n) is 5.29. The molecule has 1 amide bonds. The van der Waals surface area contributed by atoms with Crippen molar-refractivity contribution in [1.82, 2.24) is 4.90 Å². The standard InChI is InChI=1S/C16H19F2NO2/c1-11(4-3-7-20)16(21)19-10-14(18)9-15(19)12-5-2-6-13(17)8-12/h2,5-6,8,14-15,20H,1,3-4,7,9-10H2. The molecule has 1 aliphatic heterocycles. The monoisotopic (exact) mass is 295 g/mol. The predicted molar refractivity (Wildman–Crippen MR) is 75.8 cm³/mol. The summed E-state index contributed by atoms with van der Waals surface area (Å²) in [5.74, 6) is -0.723. The van der Waals surface area contributed by atoms with Crippen molar-refractivity contribution in [2.45, 2.75) is 31.5 Å². The Bertz CT molecular complexity index is 533. The maximum Gasteiger partial charge on any atom is 0.249 e. The number of halogens is 2. The smallest absolute Gasteiger partial charge is 0.249 e. The number of hydrogen-bond acceptors (Lipinski definition) is 2. The molecule has 0 aliphatic carbocycles. The zero-order valence-electron chi connectivity index (χ0n) is 11.8. The highest BCUT2D eigenvalue weighted by Gasteiger charge is 2.36. The quantitative estimate of drug-likeness (QED) is 0.849. The summed E-state index contributed by atoms with van der Waals surface area (Å²) in [6, 6.07) is 5.44. The minimum Gasteiger partial charge on any atom is -0.396 e. The largest absolute Gasteiger partial charge is 0.396 e. The van der Waals surface area contributed by atoms with Gasteiger partial charge in [-0.15, -0.1) is 0 Å². The molecule has 0 saturated carbocycles. The molecule has 1 aromatic carbocycles. The van der Waals surface area contributed by atoms with Gasteiger partial charge in [-0.05, 0) is 30.5 Å². The van der Waals surface area contributed by atoms with Crippen LogP contribution in [-0.2, 0) is 4.79 Å². The third kappa shape index (κ3) is 3.67. The molecule has 0 aromatic heterocycles. The number of aliphatic hydroxyl groups is 1. The highest BCUT2D eigenvalue weighted by atomic mass is 19.1. The van der Waals surface area contributed by atoms with E-state index in [4.69, 9.17) is 5.11 Å². The number of benzene rings is 1. The lowest BCUT2D eigenvalue weighted by Crippen LogP contribution is -2.32. The molecule has 0 spiro atoms. The maximum absolute atomic E-state index is 13.7. The van der Waals surface area contributed by atoms with Gasteiger partial charge in [0, 0.05) is 18.6 Å². The number of alkyl halides is 1. The first-order chi connectivity index (χ1) is 10.0. The van der Waals surface area contributed by atoms with Crippen molar-refractivity contribution >= 4 is 5.91 Å². The zero-order chi connectivity index (χ0) is 15.4. The summed E-state index contributed by atoms with van der Waals surface area (Å²) < 4.78 is 27.1. The van der Waals surface area contributed by atoms with Crippen molar-refractivity contribution in [2.24, 2.45) is 0 Å². The number of rotatable bonds is 5. The third-order valence-electron chi connectivity index (χ3n) is 3.68. The number of carbonyl (C=O) groups is 1. The minimum absolute atomic E-state index is 0.00183. The van der Waals surface area contributed by atoms with Crippen LogP contribution in [0.15, 0.2) is 36.4 Å². The summed E-state index contributed by atoms with van der Waals surface area (Å²) in [7, 11) is 0. The van der Waals surface area contributed by atoms with Gasteiger partial charge in [0.1, 0.15) is 12.0 Å². The van der Waals surface area contributed by atoms with Crippen LogP contribution in [0.5, 0.6) is 0 Å². The summed E-state index contributed by atoms with van der Waals surface area (Å²) in [5.41, 5.74) is 0.943. The second kappa shape index (κ2) is 6.80. The van der Waals surface area contributed by atoms with Crippen LogP contribution in [0.3, 0.4) is 0 Å². The number of hydrogen-bond donors (Lipinski definition) is 1. The van der Waals surface area contributed by atoms with Crippen LogP contribution < -0.4 is 0 Å². The second-order valence-corrected chi connectivity index (χ2v) is 5.29. The number of aliphatic hydroxyl groups excluding tert-OH is 1. The van der Waals surface area contributed by atoms with Crippen LogP contribution in [0.25, 0.3) is 0 Å². The fourth-order valence-corrected chi connectivity index (χ4v) is 2.64. The van der Waals surface area contributed by atoms with Gasteiger partial charge in [-0.25, -0.2) is 8.78 Å². The molecule has 1 aliphatic rings. The molecule has 1 aromatic rings. The highest BCUT2D eigenvalue weighted by molar-refractivity contribution is 5.93. The van der Waals surface area contributed by atoms with E-state index in [1.165, 1.54) is 17.0 Å². The summed E-state index contributed by atoms with van der Waals surface area (Å²) in [6.07, 6.45) is -0.128. The van der Waals surface area contributed by atoms with Crippen molar-refractivity contribution in [3.8, 4) is 0 Å². The fourth-order valence-electron chi connectivity index (χ4n) is 2.64. The average Bonchev–Trinajstić information content (AvgIpc) is 2.86. The molecule has 3 nitrogen and oxygen atoms in total. The van der Waals surface area contributed by atoms with E-state index >= 15 is 0 Å². The Morgan fingerprint density at radius 1 is 1.48 bits per heavy atom. The van der Waals surface area contributed by atoms with Crippen LogP contribution in [-0.4, -0.2) is 35.2 Å². The van der Waals surface area contributed by atoms with Gasteiger partial charge in [-0.2, -0.15) is 0 Å². The van der Waals surface area contributed by atoms with Crippen molar-refractivity contribution < 1.29 is 18.7 Å². The number of nitrogens with zero attached hydrogens (tertiary/aromatic N) is 1. The molecule has 114 valence electrons. The molecule has 5 heteroatoms. The van der Waals surface area contributed by atoms with Gasteiger partial charge in [0.15, 0.2) is 0 Å². The molecule has 1 fully saturated rings. The van der Waals surface area contributed by atoms with Crippen LogP contribution in [0.4, 0.5) is 8.78 Å². The molecule has 2 unspecified atom stereocenters. The van der Waals surface area contributed by atoms with E-state index in [0.29, 0.717) is 24.0 Å². The first kappa shape index (κ1) is 15.6. The Balaban J connectivity index is 2.17. The number of amides is 1. The van der Waals surface area contributed by atoms with Crippen molar-refractivity contribution in [3.05, 3.63) is 47.8 Å². The van der Waals surface area contributed by atoms with Crippen LogP contribution in [0.1, 0.15) is 30.9 Å². The van der Waals surface area contributed by atoms with Gasteiger partial charge < -0.3 is 10.0 Å². The molecule has 0 bridgehead atoms. The van der Waals surface area contributed by atoms with E-state index in [9.17, 15) is 13.6 Å². The molecule has 1 N–H and O–H groups in total. The summed E-state index contributed by atoms with van der Waals surface area (Å²) in [5, 5.41) is 8.80. The van der Waals surface area contributed by atoms with Crippen molar-refractivity contribution in [1.29, 1.82) is 0 Å². The van der Waals surface area contributed by atoms with E-state index < -0.39 is 18.0 Å². The molecule has 1 saturated heterocycles. The lowest BCUT2D eigenvalue weighted by atomic mass is 10.0. The highest BCUT2D eigenvalue weighted by Crippen LogP contribution is 2.35. The van der Waals surface area contributed by atoms with Gasteiger partial charge in [0.25, 0.3) is 0 Å². The van der Waals surface area contributed by atoms with E-state index in [1.54, 1.807) is 12.1 Å². The normalized spacial score (nSPS) is 21.6. The molecule has 2 rings (SSSR count). The van der Waals surface area contributed by atoms with E-state index in [0.717, 1.165) is 0 Å². The Kier molecular flexibility index (Phi) is 5.07. The SMILES string of the molecule is C=C(CCCO)C(=O)N1CC(F)CC1c1cccc(F)c1. The van der Waals surface area contributed by atoms with E-state index in [1.807, 2.05) is 0 Å². The molecule has 0 radical (unpaired) electrons. The molecular formula is C16H19F2NO2. The molecule has 21 heavy (non-hydrogen) atoms. The molecule has 1 heterocycles. The maximum atomic E-state index is 13.7. The fraction of sp³-hybridized carbons (Fsp3) is 0.438. The lowest BCUT2D eigenvalue weighted by molar-refractivity contribution is -0.128. The number of carbonyl (C=O) groups excluding carboxylic acids is 1. The van der Waals surface area contributed by atoms with Gasteiger partial charge >= 0.3 is 0 Å². The van der Waals surface area contributed by atoms with Crippen molar-refractivity contribution in [2.75, 3.05) is 13.2 Å². The third-order valence-corrected chi connectivity index (χ3v) is 3.68. The Morgan fingerprint density at radius 3 is 2.90 bits per heavy atom. The van der Waals surface area contributed by atoms with Crippen LogP contribution >= 0.6 is 0 Å². The Hall–Kier alpha value is -1.75. The Morgan fingerprint density at radius 2 is 2.24 bits per heavy atom. The van der Waals surface area contributed by atoms with Gasteiger partial charge in [-0.3, -0.25) is 4.79 Å². The predicted octanol–water partition coefficient (Wildman–Crippen LogP) is 2.77. The Labute approximate surface area is 122 Å². The molecule has 2 atom stereocenters. The summed E-state index contributed by atoms with van der Waals surface area (Å²) >= 11 is 0. The topological polar surface area (TPSA) is 40.5 Å². The van der Waals surface area contributed by atoms with Crippen molar-refractivity contribution in [3.63, 3.8) is 0 Å². The van der Waals surface area contributed by atoms with E-state index in [2.05, 4.69) is 6.58 Å². The van der Waals surface area contributed by atoms with Gasteiger partial charge in [0.2, 0.25) is 5.91 Å². The van der Waals surface area contributed by atoms with E-state index in [-0.39, 0.29) is 25.5 Å². The summed E-state index contributed by atoms with van der Waals surface area (Å²) in [6.45, 7) is 3.68. The average molecular weight is 295 g/mol. The van der Waals surface area contributed by atoms with Gasteiger partial charge in [-0.1, -0.05) is 18.7 Å². The minimum atomic E-state index is -1.12. The molecular weight excluding hydrogens is 276 g/mol.